The van der Waals surface area contributed by atoms with Crippen molar-refractivity contribution in [1.82, 2.24) is 9.80 Å². The van der Waals surface area contributed by atoms with Gasteiger partial charge in [0.2, 0.25) is 0 Å². The van der Waals surface area contributed by atoms with Crippen LogP contribution >= 0.6 is 0 Å². The molecule has 3 nitrogen and oxygen atoms in total. The van der Waals surface area contributed by atoms with Crippen LogP contribution < -0.4 is 5.73 Å². The molecule has 15 heavy (non-hydrogen) atoms. The molecular formula is C12H27N3. The summed E-state index contributed by atoms with van der Waals surface area (Å²) in [6, 6.07) is 1.25. The van der Waals surface area contributed by atoms with E-state index in [4.69, 9.17) is 5.73 Å². The van der Waals surface area contributed by atoms with Crippen molar-refractivity contribution in [3.8, 4) is 0 Å². The molecule has 0 aromatic carbocycles. The Kier molecular flexibility index (Phi) is 4.15. The Balaban J connectivity index is 2.72. The topological polar surface area (TPSA) is 32.5 Å². The predicted octanol–water partition coefficient (Wildman–Crippen LogP) is 1.14. The lowest BCUT2D eigenvalue weighted by molar-refractivity contribution is -0.0193. The molecule has 1 aliphatic heterocycles. The number of nitrogens with two attached hydrogens (primary N) is 1. The highest BCUT2D eigenvalue weighted by Crippen LogP contribution is 2.25. The fourth-order valence-electron chi connectivity index (χ4n) is 2.42. The molecule has 0 aliphatic carbocycles. The molecule has 2 N–H and O–H groups in total. The molecule has 0 aromatic heterocycles. The fraction of sp³-hybridized carbons (Fsp3) is 1.00. The van der Waals surface area contributed by atoms with Gasteiger partial charge in [-0.05, 0) is 47.7 Å². The third kappa shape index (κ3) is 2.92. The summed E-state index contributed by atoms with van der Waals surface area (Å²) in [5.41, 5.74) is 5.98. The first-order valence-corrected chi connectivity index (χ1v) is 6.05. The second-order valence-electron chi connectivity index (χ2n) is 5.69. The van der Waals surface area contributed by atoms with Crippen LogP contribution in [0.25, 0.3) is 0 Å². The van der Waals surface area contributed by atoms with Crippen molar-refractivity contribution < 1.29 is 0 Å². The van der Waals surface area contributed by atoms with Gasteiger partial charge in [0, 0.05) is 30.7 Å². The van der Waals surface area contributed by atoms with Crippen molar-refractivity contribution in [3.63, 3.8) is 0 Å². The van der Waals surface area contributed by atoms with E-state index in [2.05, 4.69) is 44.5 Å². The molecule has 1 fully saturated rings. The van der Waals surface area contributed by atoms with Gasteiger partial charge in [0.15, 0.2) is 0 Å². The van der Waals surface area contributed by atoms with Crippen molar-refractivity contribution in [3.05, 3.63) is 0 Å². The number of hydrogen-bond donors (Lipinski definition) is 1. The van der Waals surface area contributed by atoms with Gasteiger partial charge in [-0.25, -0.2) is 0 Å². The molecule has 0 aromatic rings. The van der Waals surface area contributed by atoms with Crippen molar-refractivity contribution in [1.29, 1.82) is 0 Å². The number of hydrogen-bond acceptors (Lipinski definition) is 3. The van der Waals surface area contributed by atoms with Gasteiger partial charge in [-0.1, -0.05) is 0 Å². The minimum absolute atomic E-state index is 0.287. The van der Waals surface area contributed by atoms with Crippen molar-refractivity contribution in [2.24, 2.45) is 5.73 Å². The first-order chi connectivity index (χ1) is 6.88. The van der Waals surface area contributed by atoms with Gasteiger partial charge in [-0.15, -0.1) is 0 Å². The quantitative estimate of drug-likeness (QED) is 0.763. The summed E-state index contributed by atoms with van der Waals surface area (Å²) in [6.07, 6.45) is 1.11. The van der Waals surface area contributed by atoms with Gasteiger partial charge in [0.05, 0.1) is 0 Å². The lowest BCUT2D eigenvalue weighted by Gasteiger charge is -2.51. The zero-order valence-electron chi connectivity index (χ0n) is 11.0. The van der Waals surface area contributed by atoms with Crippen molar-refractivity contribution in [2.75, 3.05) is 26.7 Å². The van der Waals surface area contributed by atoms with Gasteiger partial charge in [0.25, 0.3) is 0 Å². The van der Waals surface area contributed by atoms with Gasteiger partial charge < -0.3 is 5.73 Å². The number of likely N-dealkylation sites (N-methyl/N-ethyl adjacent to an activating group) is 1. The van der Waals surface area contributed by atoms with E-state index >= 15 is 0 Å². The Morgan fingerprint density at radius 2 is 2.00 bits per heavy atom. The Morgan fingerprint density at radius 3 is 2.47 bits per heavy atom. The van der Waals surface area contributed by atoms with E-state index in [1.165, 1.54) is 0 Å². The maximum atomic E-state index is 5.69. The van der Waals surface area contributed by atoms with E-state index in [1.807, 2.05) is 0 Å². The summed E-state index contributed by atoms with van der Waals surface area (Å²) >= 11 is 0. The van der Waals surface area contributed by atoms with Gasteiger partial charge >= 0.3 is 0 Å². The van der Waals surface area contributed by atoms with Crippen LogP contribution in [0.15, 0.2) is 0 Å². The molecule has 0 saturated carbocycles. The monoisotopic (exact) mass is 213 g/mol. The zero-order valence-corrected chi connectivity index (χ0v) is 11.0. The summed E-state index contributed by atoms with van der Waals surface area (Å²) in [4.78, 5) is 5.07. The normalized spacial score (nSPS) is 28.6. The molecule has 1 aliphatic rings. The van der Waals surface area contributed by atoms with Gasteiger partial charge in [0.1, 0.15) is 0 Å². The van der Waals surface area contributed by atoms with E-state index < -0.39 is 0 Å². The summed E-state index contributed by atoms with van der Waals surface area (Å²) in [7, 11) is 2.22. The molecule has 1 heterocycles. The van der Waals surface area contributed by atoms with E-state index in [-0.39, 0.29) is 5.54 Å². The van der Waals surface area contributed by atoms with Crippen molar-refractivity contribution >= 4 is 0 Å². The molecule has 0 amide bonds. The largest absolute Gasteiger partial charge is 0.330 e. The summed E-state index contributed by atoms with van der Waals surface area (Å²) in [5, 5.41) is 0. The summed E-state index contributed by atoms with van der Waals surface area (Å²) in [5.74, 6) is 0. The summed E-state index contributed by atoms with van der Waals surface area (Å²) in [6.45, 7) is 12.3. The second kappa shape index (κ2) is 4.81. The van der Waals surface area contributed by atoms with Gasteiger partial charge in [-0.2, -0.15) is 0 Å². The smallest absolute Gasteiger partial charge is 0.0278 e. The Bertz CT molecular complexity index is 201. The molecule has 1 saturated heterocycles. The minimum atomic E-state index is 0.287. The molecule has 0 bridgehead atoms. The van der Waals surface area contributed by atoms with E-state index in [0.29, 0.717) is 12.1 Å². The number of nitrogens with zero attached hydrogens (tertiary/aromatic N) is 2. The molecule has 0 spiro atoms. The Hall–Kier alpha value is -0.120. The van der Waals surface area contributed by atoms with Crippen LogP contribution in [0.3, 0.4) is 0 Å². The van der Waals surface area contributed by atoms with Crippen LogP contribution in [-0.4, -0.2) is 54.1 Å². The average Bonchev–Trinajstić information content (AvgIpc) is 2.11. The molecule has 1 rings (SSSR count). The Labute approximate surface area is 94.6 Å². The molecule has 1 unspecified atom stereocenters. The van der Waals surface area contributed by atoms with Crippen LogP contribution in [0.1, 0.15) is 34.1 Å². The minimum Gasteiger partial charge on any atom is -0.330 e. The molecule has 3 heteroatoms. The zero-order chi connectivity index (χ0) is 11.6. The lowest BCUT2D eigenvalue weighted by Crippen LogP contribution is -2.63. The highest BCUT2D eigenvalue weighted by molar-refractivity contribution is 4.94. The highest BCUT2D eigenvalue weighted by atomic mass is 15.3. The van der Waals surface area contributed by atoms with Crippen LogP contribution in [0.4, 0.5) is 0 Å². The van der Waals surface area contributed by atoms with Crippen LogP contribution in [0, 0.1) is 0 Å². The average molecular weight is 213 g/mol. The fourth-order valence-corrected chi connectivity index (χ4v) is 2.42. The molecule has 0 radical (unpaired) electrons. The molecule has 90 valence electrons. The highest BCUT2D eigenvalue weighted by Gasteiger charge is 2.37. The first-order valence-electron chi connectivity index (χ1n) is 6.05. The maximum Gasteiger partial charge on any atom is 0.0278 e. The lowest BCUT2D eigenvalue weighted by atomic mass is 9.94. The van der Waals surface area contributed by atoms with Crippen LogP contribution in [0.2, 0.25) is 0 Å². The third-order valence-electron chi connectivity index (χ3n) is 3.72. The van der Waals surface area contributed by atoms with E-state index in [9.17, 15) is 0 Å². The third-order valence-corrected chi connectivity index (χ3v) is 3.72. The van der Waals surface area contributed by atoms with Crippen molar-refractivity contribution in [2.45, 2.75) is 51.7 Å². The van der Waals surface area contributed by atoms with E-state index in [1.54, 1.807) is 0 Å². The maximum absolute atomic E-state index is 5.69. The first kappa shape index (κ1) is 12.9. The van der Waals surface area contributed by atoms with Crippen LogP contribution in [0.5, 0.6) is 0 Å². The standard InChI is InChI=1S/C12H27N3/c1-10(2)15-9-12(3,4)14(5)8-11(15)6-7-13/h10-11H,6-9,13H2,1-5H3. The predicted molar refractivity (Wildman–Crippen MR) is 66.0 cm³/mol. The molecule has 1 atom stereocenters. The second-order valence-corrected chi connectivity index (χ2v) is 5.69. The SMILES string of the molecule is CC(C)N1CC(C)(C)N(C)CC1CCN. The Morgan fingerprint density at radius 1 is 1.40 bits per heavy atom. The van der Waals surface area contributed by atoms with E-state index in [0.717, 1.165) is 26.1 Å². The van der Waals surface area contributed by atoms with Gasteiger partial charge in [-0.3, -0.25) is 9.80 Å². The summed E-state index contributed by atoms with van der Waals surface area (Å²) < 4.78 is 0. The molecular weight excluding hydrogens is 186 g/mol. The van der Waals surface area contributed by atoms with Crippen LogP contribution in [-0.2, 0) is 0 Å². The number of rotatable bonds is 3. The number of piperazine rings is 1.